The number of nitrogens with one attached hydrogen (secondary N) is 3. The molecule has 3 rings (SSSR count). The zero-order chi connectivity index (χ0) is 22.1. The lowest BCUT2D eigenvalue weighted by Gasteiger charge is -2.17. The van der Waals surface area contributed by atoms with Crippen molar-refractivity contribution >= 4 is 23.4 Å². The first-order valence-electron chi connectivity index (χ1n) is 10.3. The van der Waals surface area contributed by atoms with Crippen LogP contribution in [0.2, 0.25) is 0 Å². The van der Waals surface area contributed by atoms with Crippen molar-refractivity contribution in [2.45, 2.75) is 32.1 Å². The van der Waals surface area contributed by atoms with Gasteiger partial charge in [-0.3, -0.25) is 14.4 Å². The van der Waals surface area contributed by atoms with Crippen molar-refractivity contribution in [3.8, 4) is 5.75 Å². The van der Waals surface area contributed by atoms with Gasteiger partial charge in [0.1, 0.15) is 11.6 Å². The van der Waals surface area contributed by atoms with E-state index in [-0.39, 0.29) is 30.0 Å². The molecule has 0 fully saturated rings. The number of rotatable bonds is 10. The fourth-order valence-electron chi connectivity index (χ4n) is 3.26. The first-order chi connectivity index (χ1) is 15.0. The van der Waals surface area contributed by atoms with Gasteiger partial charge in [0.2, 0.25) is 17.7 Å². The molecule has 0 saturated carbocycles. The molecule has 2 aromatic carbocycles. The smallest absolute Gasteiger partial charge is 0.224 e. The first kappa shape index (κ1) is 22.3. The number of fused-ring (bicyclic) bond motifs is 1. The van der Waals surface area contributed by atoms with E-state index in [1.54, 1.807) is 18.2 Å². The van der Waals surface area contributed by atoms with E-state index in [1.807, 2.05) is 12.1 Å². The second-order valence-electron chi connectivity index (χ2n) is 7.33. The summed E-state index contributed by atoms with van der Waals surface area (Å²) in [4.78, 5) is 35.1. The van der Waals surface area contributed by atoms with Crippen LogP contribution in [0.1, 0.15) is 30.4 Å². The predicted molar refractivity (Wildman–Crippen MR) is 114 cm³/mol. The molecular weight excluding hydrogens is 401 g/mol. The summed E-state index contributed by atoms with van der Waals surface area (Å²) >= 11 is 0. The fourth-order valence-corrected chi connectivity index (χ4v) is 3.26. The Bertz CT molecular complexity index is 948. The quantitative estimate of drug-likeness (QED) is 0.507. The Balaban J connectivity index is 1.25. The maximum atomic E-state index is 13.1. The highest BCUT2D eigenvalue weighted by Crippen LogP contribution is 2.26. The SMILES string of the molecule is O=C(CCCOc1ccc2c(c1)CCC(=O)N2)NCCNC(=O)Cc1cccc(F)c1. The fraction of sp³-hybridized carbons (Fsp3) is 0.348. The van der Waals surface area contributed by atoms with Crippen LogP contribution in [0, 0.1) is 5.82 Å². The van der Waals surface area contributed by atoms with E-state index in [0.29, 0.717) is 50.9 Å². The number of halogens is 1. The Morgan fingerprint density at radius 2 is 1.84 bits per heavy atom. The number of aryl methyl sites for hydroxylation is 1. The number of amides is 3. The topological polar surface area (TPSA) is 96.5 Å². The Labute approximate surface area is 180 Å². The summed E-state index contributed by atoms with van der Waals surface area (Å²) in [6.45, 7) is 1.04. The van der Waals surface area contributed by atoms with Gasteiger partial charge in [0, 0.05) is 31.6 Å². The lowest BCUT2D eigenvalue weighted by Crippen LogP contribution is -2.35. The summed E-state index contributed by atoms with van der Waals surface area (Å²) in [5.74, 6) is 0.0327. The van der Waals surface area contributed by atoms with Crippen LogP contribution < -0.4 is 20.7 Å². The third-order valence-electron chi connectivity index (χ3n) is 4.81. The van der Waals surface area contributed by atoms with Crippen molar-refractivity contribution in [2.75, 3.05) is 25.0 Å². The molecule has 2 aromatic rings. The van der Waals surface area contributed by atoms with Gasteiger partial charge in [0.25, 0.3) is 0 Å². The lowest BCUT2D eigenvalue weighted by molar-refractivity contribution is -0.122. The summed E-state index contributed by atoms with van der Waals surface area (Å²) in [6, 6.07) is 11.5. The minimum Gasteiger partial charge on any atom is -0.494 e. The summed E-state index contributed by atoms with van der Waals surface area (Å²) in [7, 11) is 0. The van der Waals surface area contributed by atoms with Crippen molar-refractivity contribution in [1.82, 2.24) is 10.6 Å². The van der Waals surface area contributed by atoms with Gasteiger partial charge < -0.3 is 20.7 Å². The number of carbonyl (C=O) groups excluding carboxylic acids is 3. The number of carbonyl (C=O) groups is 3. The summed E-state index contributed by atoms with van der Waals surface area (Å²) < 4.78 is 18.8. The number of ether oxygens (including phenoxy) is 1. The Kier molecular flexibility index (Phi) is 7.98. The molecule has 1 heterocycles. The van der Waals surface area contributed by atoms with E-state index in [9.17, 15) is 18.8 Å². The van der Waals surface area contributed by atoms with E-state index in [2.05, 4.69) is 16.0 Å². The molecule has 1 aliphatic rings. The molecule has 7 nitrogen and oxygen atoms in total. The van der Waals surface area contributed by atoms with Gasteiger partial charge in [0.05, 0.1) is 13.0 Å². The zero-order valence-corrected chi connectivity index (χ0v) is 17.2. The second-order valence-corrected chi connectivity index (χ2v) is 7.33. The molecule has 0 atom stereocenters. The molecular formula is C23H26FN3O4. The Hall–Kier alpha value is -3.42. The normalized spacial score (nSPS) is 12.5. The molecule has 3 amide bonds. The van der Waals surface area contributed by atoms with Gasteiger partial charge >= 0.3 is 0 Å². The highest BCUT2D eigenvalue weighted by atomic mass is 19.1. The van der Waals surface area contributed by atoms with Gasteiger partial charge in [-0.05, 0) is 54.3 Å². The molecule has 0 radical (unpaired) electrons. The maximum Gasteiger partial charge on any atom is 0.224 e. The summed E-state index contributed by atoms with van der Waals surface area (Å²) in [5, 5.41) is 8.27. The molecule has 0 aliphatic carbocycles. The third-order valence-corrected chi connectivity index (χ3v) is 4.81. The van der Waals surface area contributed by atoms with E-state index >= 15 is 0 Å². The monoisotopic (exact) mass is 427 g/mol. The first-order valence-corrected chi connectivity index (χ1v) is 10.3. The third kappa shape index (κ3) is 7.40. The molecule has 164 valence electrons. The molecule has 0 saturated heterocycles. The zero-order valence-electron chi connectivity index (χ0n) is 17.2. The van der Waals surface area contributed by atoms with Gasteiger partial charge in [-0.1, -0.05) is 12.1 Å². The molecule has 1 aliphatic heterocycles. The minimum absolute atomic E-state index is 0.0262. The number of anilines is 1. The summed E-state index contributed by atoms with van der Waals surface area (Å²) in [5.41, 5.74) is 2.48. The van der Waals surface area contributed by atoms with Crippen molar-refractivity contribution in [3.63, 3.8) is 0 Å². The van der Waals surface area contributed by atoms with E-state index in [1.165, 1.54) is 12.1 Å². The maximum absolute atomic E-state index is 13.1. The lowest BCUT2D eigenvalue weighted by atomic mass is 10.0. The molecule has 0 unspecified atom stereocenters. The standard InChI is InChI=1S/C23H26FN3O4/c24-18-4-1-3-16(13-18)14-23(30)26-11-10-25-21(28)5-2-12-31-19-7-8-20-17(15-19)6-9-22(29)27-20/h1,3-4,7-8,13,15H,2,5-6,9-12,14H2,(H,25,28)(H,26,30)(H,27,29). The second kappa shape index (κ2) is 11.1. The van der Waals surface area contributed by atoms with Crippen molar-refractivity contribution in [3.05, 3.63) is 59.4 Å². The molecule has 8 heteroatoms. The molecule has 0 bridgehead atoms. The summed E-state index contributed by atoms with van der Waals surface area (Å²) in [6.07, 6.45) is 2.14. The van der Waals surface area contributed by atoms with Gasteiger partial charge in [-0.15, -0.1) is 0 Å². The largest absolute Gasteiger partial charge is 0.494 e. The number of benzene rings is 2. The molecule has 0 aromatic heterocycles. The van der Waals surface area contributed by atoms with Gasteiger partial charge in [0.15, 0.2) is 0 Å². The number of hydrogen-bond acceptors (Lipinski definition) is 4. The van der Waals surface area contributed by atoms with E-state index in [4.69, 9.17) is 4.74 Å². The predicted octanol–water partition coefficient (Wildman–Crippen LogP) is 2.34. The minimum atomic E-state index is -0.373. The van der Waals surface area contributed by atoms with E-state index < -0.39 is 0 Å². The van der Waals surface area contributed by atoms with Gasteiger partial charge in [-0.25, -0.2) is 4.39 Å². The van der Waals surface area contributed by atoms with Crippen LogP contribution in [-0.4, -0.2) is 37.4 Å². The molecule has 0 spiro atoms. The van der Waals surface area contributed by atoms with Crippen LogP contribution in [0.15, 0.2) is 42.5 Å². The van der Waals surface area contributed by atoms with Crippen LogP contribution in [0.5, 0.6) is 5.75 Å². The van der Waals surface area contributed by atoms with E-state index in [0.717, 1.165) is 17.0 Å². The van der Waals surface area contributed by atoms with Crippen LogP contribution in [-0.2, 0) is 27.2 Å². The number of hydrogen-bond donors (Lipinski definition) is 3. The van der Waals surface area contributed by atoms with Crippen LogP contribution >= 0.6 is 0 Å². The molecule has 3 N–H and O–H groups in total. The Morgan fingerprint density at radius 1 is 1.03 bits per heavy atom. The Morgan fingerprint density at radius 3 is 2.65 bits per heavy atom. The molecule has 31 heavy (non-hydrogen) atoms. The van der Waals surface area contributed by atoms with Gasteiger partial charge in [-0.2, -0.15) is 0 Å². The van der Waals surface area contributed by atoms with Crippen molar-refractivity contribution < 1.29 is 23.5 Å². The van der Waals surface area contributed by atoms with Crippen molar-refractivity contribution in [1.29, 1.82) is 0 Å². The highest BCUT2D eigenvalue weighted by molar-refractivity contribution is 5.94. The van der Waals surface area contributed by atoms with Crippen LogP contribution in [0.3, 0.4) is 0 Å². The van der Waals surface area contributed by atoms with Crippen LogP contribution in [0.4, 0.5) is 10.1 Å². The average molecular weight is 427 g/mol. The van der Waals surface area contributed by atoms with Crippen LogP contribution in [0.25, 0.3) is 0 Å². The average Bonchev–Trinajstić information content (AvgIpc) is 2.74. The van der Waals surface area contributed by atoms with Crippen molar-refractivity contribution in [2.24, 2.45) is 0 Å². The highest BCUT2D eigenvalue weighted by Gasteiger charge is 2.15.